The van der Waals surface area contributed by atoms with Crippen molar-refractivity contribution >= 4 is 21.6 Å². The van der Waals surface area contributed by atoms with Crippen LogP contribution in [0.4, 0.5) is 0 Å². The molecule has 0 heterocycles. The third-order valence-corrected chi connectivity index (χ3v) is 6.13. The summed E-state index contributed by atoms with van der Waals surface area (Å²) >= 11 is 1.25. The SMILES string of the molecule is CCC(CCSC#N)c1cccc(S(=O)(=O)C(C)C)c1. The monoisotopic (exact) mass is 311 g/mol. The topological polar surface area (TPSA) is 57.9 Å². The maximum absolute atomic E-state index is 12.2. The number of hydrogen-bond donors (Lipinski definition) is 0. The van der Waals surface area contributed by atoms with E-state index in [4.69, 9.17) is 5.26 Å². The van der Waals surface area contributed by atoms with Gasteiger partial charge < -0.3 is 0 Å². The van der Waals surface area contributed by atoms with Crippen LogP contribution in [0.5, 0.6) is 0 Å². The summed E-state index contributed by atoms with van der Waals surface area (Å²) in [6, 6.07) is 7.24. The Hall–Kier alpha value is -0.990. The minimum Gasteiger partial charge on any atom is -0.223 e. The molecule has 1 aromatic rings. The van der Waals surface area contributed by atoms with Gasteiger partial charge in [0.25, 0.3) is 0 Å². The molecular weight excluding hydrogens is 290 g/mol. The molecular formula is C15H21NO2S2. The number of hydrogen-bond acceptors (Lipinski definition) is 4. The Kier molecular flexibility index (Phi) is 6.57. The largest absolute Gasteiger partial charge is 0.223 e. The molecule has 0 aliphatic carbocycles. The van der Waals surface area contributed by atoms with Crippen LogP contribution in [0.1, 0.15) is 45.1 Å². The average Bonchev–Trinajstić information content (AvgIpc) is 2.43. The van der Waals surface area contributed by atoms with E-state index in [0.29, 0.717) is 10.8 Å². The summed E-state index contributed by atoms with van der Waals surface area (Å²) in [6.45, 7) is 5.48. The molecule has 1 rings (SSSR count). The Balaban J connectivity index is 3.00. The summed E-state index contributed by atoms with van der Waals surface area (Å²) in [4.78, 5) is 0.399. The predicted octanol–water partition coefficient (Wildman–Crippen LogP) is 3.97. The normalized spacial score (nSPS) is 13.2. The van der Waals surface area contributed by atoms with Crippen molar-refractivity contribution < 1.29 is 8.42 Å². The molecule has 110 valence electrons. The molecule has 1 atom stereocenters. The van der Waals surface area contributed by atoms with E-state index < -0.39 is 15.1 Å². The van der Waals surface area contributed by atoms with Crippen molar-refractivity contribution in [2.75, 3.05) is 5.75 Å². The van der Waals surface area contributed by atoms with Gasteiger partial charge in [0.15, 0.2) is 9.84 Å². The zero-order valence-electron chi connectivity index (χ0n) is 12.2. The van der Waals surface area contributed by atoms with Gasteiger partial charge in [-0.1, -0.05) is 19.1 Å². The molecule has 0 bridgehead atoms. The Morgan fingerprint density at radius 3 is 2.60 bits per heavy atom. The highest BCUT2D eigenvalue weighted by atomic mass is 32.2. The van der Waals surface area contributed by atoms with Gasteiger partial charge in [-0.3, -0.25) is 0 Å². The predicted molar refractivity (Wildman–Crippen MR) is 84.5 cm³/mol. The lowest BCUT2D eigenvalue weighted by Crippen LogP contribution is -2.14. The van der Waals surface area contributed by atoms with E-state index in [1.54, 1.807) is 26.0 Å². The maximum Gasteiger partial charge on any atom is 0.180 e. The summed E-state index contributed by atoms with van der Waals surface area (Å²) in [5, 5.41) is 10.2. The zero-order valence-corrected chi connectivity index (χ0v) is 13.8. The first-order valence-electron chi connectivity index (χ1n) is 6.78. The molecule has 0 aromatic heterocycles. The molecule has 0 amide bonds. The van der Waals surface area contributed by atoms with E-state index >= 15 is 0 Å². The van der Waals surface area contributed by atoms with Crippen LogP contribution in [0, 0.1) is 10.7 Å². The number of thioether (sulfide) groups is 1. The van der Waals surface area contributed by atoms with Crippen molar-refractivity contribution in [3.05, 3.63) is 29.8 Å². The van der Waals surface area contributed by atoms with Crippen LogP contribution in [0.3, 0.4) is 0 Å². The second-order valence-corrected chi connectivity index (χ2v) is 8.38. The molecule has 0 spiro atoms. The Morgan fingerprint density at radius 2 is 2.05 bits per heavy atom. The van der Waals surface area contributed by atoms with E-state index in [1.807, 2.05) is 12.1 Å². The second kappa shape index (κ2) is 7.70. The second-order valence-electron chi connectivity index (χ2n) is 5.00. The standard InChI is InChI=1S/C15H21NO2S2/c1-4-13(8-9-19-11-16)14-6-5-7-15(10-14)20(17,18)12(2)3/h5-7,10,12-13H,4,8-9H2,1-3H3. The van der Waals surface area contributed by atoms with Crippen LogP contribution in [0.15, 0.2) is 29.2 Å². The first kappa shape index (κ1) is 17.1. The minimum absolute atomic E-state index is 0.304. The number of sulfone groups is 1. The van der Waals surface area contributed by atoms with Crippen LogP contribution >= 0.6 is 11.8 Å². The summed E-state index contributed by atoms with van der Waals surface area (Å²) in [7, 11) is -3.22. The third kappa shape index (κ3) is 4.26. The van der Waals surface area contributed by atoms with Crippen molar-refractivity contribution in [3.63, 3.8) is 0 Å². The lowest BCUT2D eigenvalue weighted by atomic mass is 9.94. The van der Waals surface area contributed by atoms with Gasteiger partial charge in [0.2, 0.25) is 0 Å². The third-order valence-electron chi connectivity index (χ3n) is 3.40. The van der Waals surface area contributed by atoms with Gasteiger partial charge in [-0.2, -0.15) is 5.26 Å². The lowest BCUT2D eigenvalue weighted by Gasteiger charge is -2.16. The molecule has 0 saturated heterocycles. The summed E-state index contributed by atoms with van der Waals surface area (Å²) in [5.74, 6) is 1.08. The van der Waals surface area contributed by atoms with Crippen molar-refractivity contribution in [1.29, 1.82) is 5.26 Å². The first-order chi connectivity index (χ1) is 9.43. The van der Waals surface area contributed by atoms with Crippen molar-refractivity contribution in [3.8, 4) is 5.40 Å². The zero-order chi connectivity index (χ0) is 15.2. The van der Waals surface area contributed by atoms with E-state index in [1.165, 1.54) is 11.8 Å². The molecule has 1 unspecified atom stereocenters. The van der Waals surface area contributed by atoms with Gasteiger partial charge >= 0.3 is 0 Å². The number of rotatable bonds is 7. The fourth-order valence-corrected chi connectivity index (χ4v) is 3.68. The molecule has 0 fully saturated rings. The molecule has 0 radical (unpaired) electrons. The van der Waals surface area contributed by atoms with Crippen LogP contribution in [-0.2, 0) is 9.84 Å². The molecule has 5 heteroatoms. The molecule has 0 aliphatic rings. The Labute approximate surface area is 126 Å². The van der Waals surface area contributed by atoms with Crippen LogP contribution in [0.2, 0.25) is 0 Å². The fraction of sp³-hybridized carbons (Fsp3) is 0.533. The quantitative estimate of drug-likeness (QED) is 0.565. The van der Waals surface area contributed by atoms with Crippen molar-refractivity contribution in [2.45, 2.75) is 49.7 Å². The molecule has 0 saturated carbocycles. The highest BCUT2D eigenvalue weighted by molar-refractivity contribution is 8.03. The Bertz CT molecular complexity index is 574. The van der Waals surface area contributed by atoms with E-state index in [2.05, 4.69) is 12.3 Å². The van der Waals surface area contributed by atoms with E-state index in [9.17, 15) is 8.42 Å². The lowest BCUT2D eigenvalue weighted by molar-refractivity contribution is 0.586. The highest BCUT2D eigenvalue weighted by Crippen LogP contribution is 2.27. The van der Waals surface area contributed by atoms with Crippen LogP contribution in [0.25, 0.3) is 0 Å². The van der Waals surface area contributed by atoms with Gasteiger partial charge in [-0.25, -0.2) is 8.42 Å². The van der Waals surface area contributed by atoms with Crippen molar-refractivity contribution in [2.24, 2.45) is 0 Å². The first-order valence-corrected chi connectivity index (χ1v) is 9.31. The highest BCUT2D eigenvalue weighted by Gasteiger charge is 2.20. The molecule has 0 N–H and O–H groups in total. The van der Waals surface area contributed by atoms with Crippen LogP contribution < -0.4 is 0 Å². The van der Waals surface area contributed by atoms with Gasteiger partial charge in [0.05, 0.1) is 10.1 Å². The average molecular weight is 311 g/mol. The smallest absolute Gasteiger partial charge is 0.180 e. The number of benzene rings is 1. The summed E-state index contributed by atoms with van der Waals surface area (Å²) < 4.78 is 24.4. The fourth-order valence-electron chi connectivity index (χ4n) is 2.07. The number of nitriles is 1. The Morgan fingerprint density at radius 1 is 1.35 bits per heavy atom. The molecule has 0 aliphatic heterocycles. The van der Waals surface area contributed by atoms with Gasteiger partial charge in [0.1, 0.15) is 5.40 Å². The number of thiocyanates is 1. The van der Waals surface area contributed by atoms with Crippen molar-refractivity contribution in [1.82, 2.24) is 0 Å². The summed E-state index contributed by atoms with van der Waals surface area (Å²) in [5.41, 5.74) is 1.05. The van der Waals surface area contributed by atoms with Crippen LogP contribution in [-0.4, -0.2) is 19.4 Å². The maximum atomic E-state index is 12.2. The van der Waals surface area contributed by atoms with Gasteiger partial charge in [-0.15, -0.1) is 0 Å². The molecule has 20 heavy (non-hydrogen) atoms. The number of nitrogens with zero attached hydrogens (tertiary/aromatic N) is 1. The van der Waals surface area contributed by atoms with E-state index in [0.717, 1.165) is 24.2 Å². The molecule has 1 aromatic carbocycles. The summed E-state index contributed by atoms with van der Waals surface area (Å²) in [6.07, 6.45) is 1.83. The van der Waals surface area contributed by atoms with Gasteiger partial charge in [0, 0.05) is 5.75 Å². The van der Waals surface area contributed by atoms with Gasteiger partial charge in [-0.05, 0) is 62.1 Å². The van der Waals surface area contributed by atoms with E-state index in [-0.39, 0.29) is 0 Å². The minimum atomic E-state index is -3.22. The molecule has 3 nitrogen and oxygen atoms in total.